The first-order valence-corrected chi connectivity index (χ1v) is 5.52. The normalized spacial score (nSPS) is 13.4. The van der Waals surface area contributed by atoms with Gasteiger partial charge in [0, 0.05) is 18.2 Å². The third-order valence-electron chi connectivity index (χ3n) is 2.71. The molecule has 0 fully saturated rings. The zero-order chi connectivity index (χ0) is 12.8. The summed E-state index contributed by atoms with van der Waals surface area (Å²) in [6, 6.07) is 6.01. The molecule has 1 atom stereocenters. The molecule has 0 radical (unpaired) electrons. The van der Waals surface area contributed by atoms with Gasteiger partial charge < -0.3 is 16.3 Å². The Morgan fingerprint density at radius 3 is 2.88 bits per heavy atom. The minimum Gasteiger partial charge on any atom is -0.409 e. The predicted molar refractivity (Wildman–Crippen MR) is 70.2 cm³/mol. The summed E-state index contributed by atoms with van der Waals surface area (Å²) in [6.45, 7) is 8.55. The molecule has 0 bridgehead atoms. The van der Waals surface area contributed by atoms with Crippen molar-refractivity contribution in [3.63, 3.8) is 0 Å². The van der Waals surface area contributed by atoms with Crippen LogP contribution < -0.4 is 11.1 Å². The van der Waals surface area contributed by atoms with Crippen molar-refractivity contribution in [1.82, 2.24) is 5.32 Å². The molecule has 0 aliphatic carbocycles. The van der Waals surface area contributed by atoms with E-state index in [0.29, 0.717) is 0 Å². The van der Waals surface area contributed by atoms with E-state index in [2.05, 4.69) is 17.1 Å². The second-order valence-electron chi connectivity index (χ2n) is 4.03. The van der Waals surface area contributed by atoms with Crippen molar-refractivity contribution in [3.05, 3.63) is 47.5 Å². The molecule has 0 aliphatic heterocycles. The van der Waals surface area contributed by atoms with E-state index in [9.17, 15) is 0 Å². The van der Waals surface area contributed by atoms with Gasteiger partial charge in [-0.2, -0.15) is 0 Å². The van der Waals surface area contributed by atoms with Gasteiger partial charge in [0.25, 0.3) is 0 Å². The van der Waals surface area contributed by atoms with Crippen LogP contribution in [0.3, 0.4) is 0 Å². The third-order valence-corrected chi connectivity index (χ3v) is 2.71. The topological polar surface area (TPSA) is 70.6 Å². The highest BCUT2D eigenvalue weighted by molar-refractivity contribution is 5.97. The minimum atomic E-state index is 0.132. The van der Waals surface area contributed by atoms with Crippen molar-refractivity contribution < 1.29 is 5.21 Å². The molecule has 1 rings (SSSR count). The molecule has 0 saturated carbocycles. The number of oxime groups is 1. The summed E-state index contributed by atoms with van der Waals surface area (Å²) in [6.07, 6.45) is 1.86. The van der Waals surface area contributed by atoms with Crippen LogP contribution in [-0.4, -0.2) is 17.1 Å². The van der Waals surface area contributed by atoms with E-state index in [1.807, 2.05) is 38.1 Å². The van der Waals surface area contributed by atoms with Gasteiger partial charge in [-0.3, -0.25) is 0 Å². The summed E-state index contributed by atoms with van der Waals surface area (Å²) in [5.41, 5.74) is 8.55. The van der Waals surface area contributed by atoms with E-state index in [4.69, 9.17) is 10.9 Å². The molecule has 92 valence electrons. The number of nitrogens with zero attached hydrogens (tertiary/aromatic N) is 1. The van der Waals surface area contributed by atoms with Gasteiger partial charge in [0.05, 0.1) is 0 Å². The van der Waals surface area contributed by atoms with Gasteiger partial charge in [-0.1, -0.05) is 23.4 Å². The average Bonchev–Trinajstić information content (AvgIpc) is 2.35. The van der Waals surface area contributed by atoms with Crippen molar-refractivity contribution in [3.8, 4) is 0 Å². The van der Waals surface area contributed by atoms with Crippen molar-refractivity contribution in [2.45, 2.75) is 26.4 Å². The van der Waals surface area contributed by atoms with Crippen LogP contribution in [0.25, 0.3) is 0 Å². The zero-order valence-electron chi connectivity index (χ0n) is 10.3. The molecule has 0 heterocycles. The average molecular weight is 233 g/mol. The van der Waals surface area contributed by atoms with E-state index in [0.717, 1.165) is 17.7 Å². The van der Waals surface area contributed by atoms with E-state index < -0.39 is 0 Å². The number of hydrogen-bond acceptors (Lipinski definition) is 3. The molecular weight excluding hydrogens is 214 g/mol. The highest BCUT2D eigenvalue weighted by atomic mass is 16.4. The number of hydrogen-bond donors (Lipinski definition) is 3. The quantitative estimate of drug-likeness (QED) is 0.238. The summed E-state index contributed by atoms with van der Waals surface area (Å²) in [4.78, 5) is 0. The van der Waals surface area contributed by atoms with Gasteiger partial charge in [0.1, 0.15) is 0 Å². The van der Waals surface area contributed by atoms with Crippen LogP contribution in [0.5, 0.6) is 0 Å². The minimum absolute atomic E-state index is 0.132. The maximum Gasteiger partial charge on any atom is 0.170 e. The molecule has 0 aromatic heterocycles. The van der Waals surface area contributed by atoms with E-state index in [-0.39, 0.29) is 11.9 Å². The number of amidine groups is 1. The summed E-state index contributed by atoms with van der Waals surface area (Å²) in [7, 11) is 0. The van der Waals surface area contributed by atoms with Gasteiger partial charge in [-0.25, -0.2) is 0 Å². The lowest BCUT2D eigenvalue weighted by Crippen LogP contribution is -2.23. The molecule has 0 saturated heterocycles. The van der Waals surface area contributed by atoms with Crippen molar-refractivity contribution in [2.75, 3.05) is 0 Å². The maximum absolute atomic E-state index is 8.60. The molecular formula is C13H19N3O. The van der Waals surface area contributed by atoms with Crippen LogP contribution >= 0.6 is 0 Å². The van der Waals surface area contributed by atoms with E-state index in [1.165, 1.54) is 5.56 Å². The second-order valence-corrected chi connectivity index (χ2v) is 4.03. The van der Waals surface area contributed by atoms with Gasteiger partial charge in [0.15, 0.2) is 5.84 Å². The number of rotatable bonds is 5. The Morgan fingerprint density at radius 1 is 1.65 bits per heavy atom. The number of benzene rings is 1. The number of aryl methyl sites for hydroxylation is 1. The Hall–Kier alpha value is -1.81. The summed E-state index contributed by atoms with van der Waals surface area (Å²) < 4.78 is 0. The lowest BCUT2D eigenvalue weighted by Gasteiger charge is -2.12. The maximum atomic E-state index is 8.60. The summed E-state index contributed by atoms with van der Waals surface area (Å²) in [5, 5.41) is 14.9. The van der Waals surface area contributed by atoms with Crippen LogP contribution in [0.15, 0.2) is 36.0 Å². The molecule has 0 amide bonds. The molecule has 4 nitrogen and oxygen atoms in total. The fourth-order valence-electron chi connectivity index (χ4n) is 1.47. The Bertz CT molecular complexity index is 427. The van der Waals surface area contributed by atoms with E-state index in [1.54, 1.807) is 0 Å². The van der Waals surface area contributed by atoms with Crippen LogP contribution in [0.1, 0.15) is 23.6 Å². The van der Waals surface area contributed by atoms with Crippen molar-refractivity contribution in [2.24, 2.45) is 10.9 Å². The molecule has 1 aromatic carbocycles. The second kappa shape index (κ2) is 6.06. The highest BCUT2D eigenvalue weighted by Gasteiger charge is 2.04. The fourth-order valence-corrected chi connectivity index (χ4v) is 1.47. The van der Waals surface area contributed by atoms with Crippen LogP contribution in [0, 0.1) is 6.92 Å². The first kappa shape index (κ1) is 13.3. The largest absolute Gasteiger partial charge is 0.409 e. The molecule has 1 aromatic rings. The van der Waals surface area contributed by atoms with Gasteiger partial charge in [-0.05, 0) is 31.0 Å². The molecule has 4 heteroatoms. The molecule has 17 heavy (non-hydrogen) atoms. The van der Waals surface area contributed by atoms with E-state index >= 15 is 0 Å². The molecule has 4 N–H and O–H groups in total. The summed E-state index contributed by atoms with van der Waals surface area (Å²) in [5.74, 6) is 0.132. The SMILES string of the molecule is C=CC(C)NCc1ccc(/C(N)=N/O)cc1C. The Balaban J connectivity index is 2.80. The van der Waals surface area contributed by atoms with Crippen molar-refractivity contribution >= 4 is 5.84 Å². The number of nitrogens with one attached hydrogen (secondary N) is 1. The third kappa shape index (κ3) is 3.60. The standard InChI is InChI=1S/C13H19N3O/c1-4-10(3)15-8-12-6-5-11(7-9(12)2)13(14)16-17/h4-7,10,15,17H,1,8H2,2-3H3,(H2,14,16). The van der Waals surface area contributed by atoms with Gasteiger partial charge in [-0.15, -0.1) is 6.58 Å². The Labute approximate surface area is 102 Å². The van der Waals surface area contributed by atoms with Crippen LogP contribution in [-0.2, 0) is 6.54 Å². The van der Waals surface area contributed by atoms with Crippen molar-refractivity contribution in [1.29, 1.82) is 0 Å². The monoisotopic (exact) mass is 233 g/mol. The van der Waals surface area contributed by atoms with Gasteiger partial charge >= 0.3 is 0 Å². The van der Waals surface area contributed by atoms with Crippen LogP contribution in [0.4, 0.5) is 0 Å². The lowest BCUT2D eigenvalue weighted by molar-refractivity contribution is 0.318. The first-order valence-electron chi connectivity index (χ1n) is 5.52. The molecule has 1 unspecified atom stereocenters. The first-order chi connectivity index (χ1) is 8.08. The lowest BCUT2D eigenvalue weighted by atomic mass is 10.0. The molecule has 0 spiro atoms. The van der Waals surface area contributed by atoms with Crippen LogP contribution in [0.2, 0.25) is 0 Å². The predicted octanol–water partition coefficient (Wildman–Crippen LogP) is 1.75. The molecule has 0 aliphatic rings. The Morgan fingerprint density at radius 2 is 2.35 bits per heavy atom. The smallest absolute Gasteiger partial charge is 0.170 e. The highest BCUT2D eigenvalue weighted by Crippen LogP contribution is 2.11. The number of nitrogens with two attached hydrogens (primary N) is 1. The zero-order valence-corrected chi connectivity index (χ0v) is 10.3. The summed E-state index contributed by atoms with van der Waals surface area (Å²) >= 11 is 0. The Kier molecular flexibility index (Phi) is 4.72. The fraction of sp³-hybridized carbons (Fsp3) is 0.308. The van der Waals surface area contributed by atoms with Gasteiger partial charge in [0.2, 0.25) is 0 Å².